The first-order valence-corrected chi connectivity index (χ1v) is 7.98. The third kappa shape index (κ3) is 4.02. The molecule has 1 aliphatic heterocycles. The Balaban J connectivity index is 2.03. The van der Waals surface area contributed by atoms with Gasteiger partial charge >= 0.3 is 0 Å². The zero-order valence-electron chi connectivity index (χ0n) is 14.0. The Morgan fingerprint density at radius 3 is 2.81 bits per heavy atom. The molecule has 6 nitrogen and oxygen atoms in total. The van der Waals surface area contributed by atoms with Gasteiger partial charge in [-0.1, -0.05) is 19.0 Å². The fraction of sp³-hybridized carbons (Fsp3) is 0.867. The predicted molar refractivity (Wildman–Crippen MR) is 83.3 cm³/mol. The molecule has 0 aliphatic carbocycles. The summed E-state index contributed by atoms with van der Waals surface area (Å²) in [7, 11) is 4.27. The molecule has 120 valence electrons. The molecule has 1 fully saturated rings. The summed E-state index contributed by atoms with van der Waals surface area (Å²) in [4.78, 5) is 9.28. The Morgan fingerprint density at radius 1 is 1.33 bits per heavy atom. The highest BCUT2D eigenvalue weighted by Gasteiger charge is 2.29. The highest BCUT2D eigenvalue weighted by Crippen LogP contribution is 2.24. The van der Waals surface area contributed by atoms with E-state index in [1.807, 2.05) is 0 Å². The fourth-order valence-corrected chi connectivity index (χ4v) is 2.62. The Kier molecular flexibility index (Phi) is 5.72. The van der Waals surface area contributed by atoms with Crippen molar-refractivity contribution in [2.24, 2.45) is 0 Å². The molecule has 3 atom stereocenters. The van der Waals surface area contributed by atoms with E-state index in [4.69, 9.17) is 4.52 Å². The van der Waals surface area contributed by atoms with E-state index < -0.39 is 0 Å². The smallest absolute Gasteiger partial charge is 0.231 e. The van der Waals surface area contributed by atoms with Gasteiger partial charge in [-0.25, -0.2) is 0 Å². The summed E-state index contributed by atoms with van der Waals surface area (Å²) in [5.41, 5.74) is 0. The van der Waals surface area contributed by atoms with Crippen LogP contribution in [0.5, 0.6) is 0 Å². The average Bonchev–Trinajstić information content (AvgIpc) is 2.96. The minimum Gasteiger partial charge on any atom is -0.339 e. The van der Waals surface area contributed by atoms with E-state index in [1.54, 1.807) is 0 Å². The van der Waals surface area contributed by atoms with Crippen LogP contribution in [0.3, 0.4) is 0 Å². The lowest BCUT2D eigenvalue weighted by atomic mass is 10.0. The largest absolute Gasteiger partial charge is 0.339 e. The maximum atomic E-state index is 5.52. The molecule has 0 spiro atoms. The first kappa shape index (κ1) is 16.4. The molecule has 0 aromatic carbocycles. The van der Waals surface area contributed by atoms with Gasteiger partial charge in [-0.3, -0.25) is 4.90 Å². The van der Waals surface area contributed by atoms with E-state index in [2.05, 4.69) is 60.1 Å². The number of hydrogen-bond donors (Lipinski definition) is 1. The molecule has 0 radical (unpaired) electrons. The van der Waals surface area contributed by atoms with Crippen LogP contribution in [0.15, 0.2) is 4.52 Å². The van der Waals surface area contributed by atoms with E-state index in [-0.39, 0.29) is 12.0 Å². The van der Waals surface area contributed by atoms with Gasteiger partial charge in [0.15, 0.2) is 5.82 Å². The number of nitrogens with zero attached hydrogens (tertiary/aromatic N) is 4. The van der Waals surface area contributed by atoms with Crippen LogP contribution >= 0.6 is 0 Å². The highest BCUT2D eigenvalue weighted by atomic mass is 16.5. The maximum absolute atomic E-state index is 5.52. The van der Waals surface area contributed by atoms with Gasteiger partial charge in [-0.2, -0.15) is 4.98 Å². The van der Waals surface area contributed by atoms with Gasteiger partial charge in [0.25, 0.3) is 0 Å². The molecule has 0 amide bonds. The van der Waals surface area contributed by atoms with Gasteiger partial charge in [0.05, 0.1) is 12.0 Å². The van der Waals surface area contributed by atoms with Crippen LogP contribution in [0, 0.1) is 0 Å². The Morgan fingerprint density at radius 2 is 2.10 bits per heavy atom. The molecule has 1 aromatic rings. The zero-order chi connectivity index (χ0) is 15.4. The highest BCUT2D eigenvalue weighted by molar-refractivity contribution is 5.02. The van der Waals surface area contributed by atoms with Gasteiger partial charge in [0, 0.05) is 25.7 Å². The van der Waals surface area contributed by atoms with Gasteiger partial charge in [0.2, 0.25) is 5.89 Å². The summed E-state index contributed by atoms with van der Waals surface area (Å²) in [6.45, 7) is 10.6. The van der Waals surface area contributed by atoms with E-state index in [0.29, 0.717) is 6.04 Å². The third-order valence-electron chi connectivity index (χ3n) is 4.46. The van der Waals surface area contributed by atoms with Gasteiger partial charge in [-0.05, 0) is 34.0 Å². The molecule has 1 aliphatic rings. The molecule has 2 rings (SSSR count). The molecule has 2 heterocycles. The van der Waals surface area contributed by atoms with E-state index in [9.17, 15) is 0 Å². The maximum Gasteiger partial charge on any atom is 0.231 e. The number of rotatable bonds is 6. The molecule has 1 saturated heterocycles. The summed E-state index contributed by atoms with van der Waals surface area (Å²) in [6, 6.07) is 0.567. The normalized spacial score (nSPS) is 24.1. The predicted octanol–water partition coefficient (Wildman–Crippen LogP) is 1.48. The zero-order valence-corrected chi connectivity index (χ0v) is 14.0. The van der Waals surface area contributed by atoms with Crippen LogP contribution in [0.25, 0.3) is 0 Å². The summed E-state index contributed by atoms with van der Waals surface area (Å²) in [6.07, 6.45) is 1.13. The molecule has 3 unspecified atom stereocenters. The van der Waals surface area contributed by atoms with Crippen LogP contribution in [0.4, 0.5) is 0 Å². The summed E-state index contributed by atoms with van der Waals surface area (Å²) >= 11 is 0. The van der Waals surface area contributed by atoms with Crippen LogP contribution < -0.4 is 5.32 Å². The number of nitrogens with one attached hydrogen (secondary N) is 1. The average molecular weight is 295 g/mol. The van der Waals surface area contributed by atoms with Crippen molar-refractivity contribution >= 4 is 0 Å². The van der Waals surface area contributed by atoms with E-state index >= 15 is 0 Å². The SMILES string of the molecule is CCCNC(C)C(C)c1nc(C2CN(C)CCN2C)no1. The van der Waals surface area contributed by atoms with Gasteiger partial charge < -0.3 is 14.7 Å². The molecule has 21 heavy (non-hydrogen) atoms. The van der Waals surface area contributed by atoms with Crippen molar-refractivity contribution < 1.29 is 4.52 Å². The second kappa shape index (κ2) is 7.33. The van der Waals surface area contributed by atoms with Crippen LogP contribution in [0.1, 0.15) is 50.9 Å². The fourth-order valence-electron chi connectivity index (χ4n) is 2.62. The Bertz CT molecular complexity index is 435. The van der Waals surface area contributed by atoms with E-state index in [1.165, 1.54) is 0 Å². The topological polar surface area (TPSA) is 57.4 Å². The van der Waals surface area contributed by atoms with Crippen molar-refractivity contribution in [3.05, 3.63) is 11.7 Å². The Hall–Kier alpha value is -0.980. The summed E-state index contributed by atoms with van der Waals surface area (Å²) in [5.74, 6) is 1.78. The van der Waals surface area contributed by atoms with E-state index in [0.717, 1.165) is 44.3 Å². The van der Waals surface area contributed by atoms with Gasteiger partial charge in [0.1, 0.15) is 0 Å². The first-order valence-electron chi connectivity index (χ1n) is 7.98. The van der Waals surface area contributed by atoms with Crippen molar-refractivity contribution in [1.82, 2.24) is 25.3 Å². The number of likely N-dealkylation sites (N-methyl/N-ethyl adjacent to an activating group) is 2. The lowest BCUT2D eigenvalue weighted by Gasteiger charge is -2.35. The minimum atomic E-state index is 0.226. The monoisotopic (exact) mass is 295 g/mol. The van der Waals surface area contributed by atoms with Gasteiger partial charge in [-0.15, -0.1) is 0 Å². The Labute approximate surface area is 127 Å². The number of hydrogen-bond acceptors (Lipinski definition) is 6. The standard InChI is InChI=1S/C15H29N5O/c1-6-7-16-12(3)11(2)15-17-14(18-21-15)13-10-19(4)8-9-20(13)5/h11-13,16H,6-10H2,1-5H3. The lowest BCUT2D eigenvalue weighted by Crippen LogP contribution is -2.45. The van der Waals surface area contributed by atoms with Crippen LogP contribution in [0.2, 0.25) is 0 Å². The summed E-state index contributed by atoms with van der Waals surface area (Å²) < 4.78 is 5.52. The molecule has 1 N–H and O–H groups in total. The number of piperazine rings is 1. The third-order valence-corrected chi connectivity index (χ3v) is 4.46. The van der Waals surface area contributed by atoms with Crippen molar-refractivity contribution in [3.63, 3.8) is 0 Å². The second-order valence-electron chi connectivity index (χ2n) is 6.28. The molecular weight excluding hydrogens is 266 g/mol. The molecule has 6 heteroatoms. The minimum absolute atomic E-state index is 0.226. The molecule has 0 bridgehead atoms. The van der Waals surface area contributed by atoms with Crippen molar-refractivity contribution in [1.29, 1.82) is 0 Å². The molecular formula is C15H29N5O. The summed E-state index contributed by atoms with van der Waals surface area (Å²) in [5, 5.41) is 7.72. The van der Waals surface area contributed by atoms with Crippen molar-refractivity contribution in [2.75, 3.05) is 40.3 Å². The van der Waals surface area contributed by atoms with Crippen LogP contribution in [-0.4, -0.2) is 66.3 Å². The molecule has 0 saturated carbocycles. The lowest BCUT2D eigenvalue weighted by molar-refractivity contribution is 0.108. The first-order chi connectivity index (χ1) is 10.0. The van der Waals surface area contributed by atoms with Crippen molar-refractivity contribution in [3.8, 4) is 0 Å². The molecule has 1 aromatic heterocycles. The quantitative estimate of drug-likeness (QED) is 0.858. The van der Waals surface area contributed by atoms with Crippen LogP contribution in [-0.2, 0) is 0 Å². The van der Waals surface area contributed by atoms with Crippen molar-refractivity contribution in [2.45, 2.75) is 45.2 Å². The second-order valence-corrected chi connectivity index (χ2v) is 6.28. The number of aromatic nitrogens is 2.